The second kappa shape index (κ2) is 5.96. The second-order valence-electron chi connectivity index (χ2n) is 8.20. The van der Waals surface area contributed by atoms with Gasteiger partial charge in [-0.3, -0.25) is 9.80 Å². The van der Waals surface area contributed by atoms with Crippen LogP contribution in [0.4, 0.5) is 0 Å². The van der Waals surface area contributed by atoms with Crippen molar-refractivity contribution < 1.29 is 0 Å². The second-order valence-corrected chi connectivity index (χ2v) is 8.20. The highest BCUT2D eigenvalue weighted by Gasteiger charge is 2.44. The lowest BCUT2D eigenvalue weighted by Gasteiger charge is -2.38. The quantitative estimate of drug-likeness (QED) is 0.754. The van der Waals surface area contributed by atoms with Crippen molar-refractivity contribution in [2.24, 2.45) is 17.8 Å². The Balaban J connectivity index is 1.66. The van der Waals surface area contributed by atoms with Gasteiger partial charge in [-0.2, -0.15) is 0 Å². The minimum atomic E-state index is 0.663. The standard InChI is InChI=1S/C18H34N2/c1-13-9-14(2)11-16(10-13)12-20-15(3)19(4)17-7-5-6-8-18(17)20/h13-18H,5-12H2,1-4H3. The molecule has 3 fully saturated rings. The van der Waals surface area contributed by atoms with Crippen LogP contribution < -0.4 is 0 Å². The molecule has 3 rings (SSSR count). The maximum atomic E-state index is 2.87. The van der Waals surface area contributed by atoms with Gasteiger partial charge in [0.15, 0.2) is 0 Å². The average Bonchev–Trinajstić information content (AvgIpc) is 2.64. The topological polar surface area (TPSA) is 6.48 Å². The van der Waals surface area contributed by atoms with Gasteiger partial charge >= 0.3 is 0 Å². The van der Waals surface area contributed by atoms with Crippen LogP contribution in [0.2, 0.25) is 0 Å². The Kier molecular flexibility index (Phi) is 4.42. The molecule has 3 aliphatic rings. The van der Waals surface area contributed by atoms with Crippen LogP contribution in [0.1, 0.15) is 65.7 Å². The lowest BCUT2D eigenvalue weighted by atomic mass is 9.76. The van der Waals surface area contributed by atoms with E-state index in [4.69, 9.17) is 0 Å². The number of fused-ring (bicyclic) bond motifs is 1. The van der Waals surface area contributed by atoms with Gasteiger partial charge in [0.05, 0.1) is 6.17 Å². The van der Waals surface area contributed by atoms with E-state index in [1.165, 1.54) is 51.5 Å². The van der Waals surface area contributed by atoms with E-state index in [0.717, 1.165) is 29.8 Å². The summed E-state index contributed by atoms with van der Waals surface area (Å²) in [4.78, 5) is 5.54. The van der Waals surface area contributed by atoms with Crippen molar-refractivity contribution in [2.75, 3.05) is 13.6 Å². The molecule has 0 aromatic rings. The first-order valence-corrected chi connectivity index (χ1v) is 9.04. The lowest BCUT2D eigenvalue weighted by Crippen LogP contribution is -2.43. The molecule has 2 saturated carbocycles. The van der Waals surface area contributed by atoms with Gasteiger partial charge in [0.2, 0.25) is 0 Å². The largest absolute Gasteiger partial charge is 0.287 e. The highest BCUT2D eigenvalue weighted by molar-refractivity contribution is 4.98. The molecule has 0 radical (unpaired) electrons. The average molecular weight is 278 g/mol. The Labute approximate surface area is 125 Å². The summed E-state index contributed by atoms with van der Waals surface area (Å²) in [5, 5.41) is 0. The van der Waals surface area contributed by atoms with E-state index in [-0.39, 0.29) is 0 Å². The molecular weight excluding hydrogens is 244 g/mol. The molecule has 0 aromatic carbocycles. The maximum Gasteiger partial charge on any atom is 0.0597 e. The molecule has 0 amide bonds. The summed E-state index contributed by atoms with van der Waals surface area (Å²) in [5.41, 5.74) is 0. The first kappa shape index (κ1) is 14.8. The lowest BCUT2D eigenvalue weighted by molar-refractivity contribution is 0.0944. The van der Waals surface area contributed by atoms with Crippen LogP contribution in [-0.2, 0) is 0 Å². The van der Waals surface area contributed by atoms with Gasteiger partial charge in [-0.25, -0.2) is 0 Å². The van der Waals surface area contributed by atoms with Gasteiger partial charge in [-0.15, -0.1) is 0 Å². The third kappa shape index (κ3) is 2.78. The fraction of sp³-hybridized carbons (Fsp3) is 1.00. The van der Waals surface area contributed by atoms with Crippen LogP contribution in [0, 0.1) is 17.8 Å². The molecule has 1 saturated heterocycles. The number of hydrogen-bond donors (Lipinski definition) is 0. The van der Waals surface area contributed by atoms with Crippen LogP contribution in [-0.4, -0.2) is 41.6 Å². The minimum Gasteiger partial charge on any atom is -0.287 e. The molecule has 20 heavy (non-hydrogen) atoms. The first-order chi connectivity index (χ1) is 9.56. The fourth-order valence-corrected chi connectivity index (χ4v) is 5.59. The van der Waals surface area contributed by atoms with Crippen molar-refractivity contribution in [2.45, 2.75) is 84.0 Å². The van der Waals surface area contributed by atoms with E-state index in [9.17, 15) is 0 Å². The van der Waals surface area contributed by atoms with Crippen molar-refractivity contribution in [3.05, 3.63) is 0 Å². The van der Waals surface area contributed by atoms with Crippen LogP contribution in [0.3, 0.4) is 0 Å². The van der Waals surface area contributed by atoms with Gasteiger partial charge in [0, 0.05) is 18.6 Å². The third-order valence-electron chi connectivity index (χ3n) is 6.46. The molecule has 1 heterocycles. The molecule has 2 heteroatoms. The molecule has 0 aromatic heterocycles. The minimum absolute atomic E-state index is 0.663. The van der Waals surface area contributed by atoms with Crippen molar-refractivity contribution in [1.29, 1.82) is 0 Å². The Morgan fingerprint density at radius 3 is 2.10 bits per heavy atom. The summed E-state index contributed by atoms with van der Waals surface area (Å²) < 4.78 is 0. The molecule has 5 atom stereocenters. The zero-order valence-corrected chi connectivity index (χ0v) is 14.0. The summed E-state index contributed by atoms with van der Waals surface area (Å²) in [6, 6.07) is 1.70. The van der Waals surface area contributed by atoms with E-state index in [2.05, 4.69) is 37.6 Å². The van der Waals surface area contributed by atoms with Crippen molar-refractivity contribution >= 4 is 0 Å². The van der Waals surface area contributed by atoms with Gasteiger partial charge in [-0.05, 0) is 63.8 Å². The summed E-state index contributed by atoms with van der Waals surface area (Å²) in [6.45, 7) is 8.73. The van der Waals surface area contributed by atoms with Crippen molar-refractivity contribution in [3.8, 4) is 0 Å². The van der Waals surface area contributed by atoms with Crippen LogP contribution in [0.5, 0.6) is 0 Å². The molecule has 0 spiro atoms. The van der Waals surface area contributed by atoms with Crippen LogP contribution in [0.15, 0.2) is 0 Å². The number of rotatable bonds is 2. The molecule has 0 N–H and O–H groups in total. The van der Waals surface area contributed by atoms with Gasteiger partial charge < -0.3 is 0 Å². The van der Waals surface area contributed by atoms with Gasteiger partial charge in [0.25, 0.3) is 0 Å². The number of likely N-dealkylation sites (N-methyl/N-ethyl adjacent to an activating group) is 1. The fourth-order valence-electron chi connectivity index (χ4n) is 5.59. The SMILES string of the molecule is CC1CC(C)CC(CN2C3CCCCC3N(C)C2C)C1. The normalized spacial score (nSPS) is 47.4. The predicted molar refractivity (Wildman–Crippen MR) is 85.6 cm³/mol. The summed E-state index contributed by atoms with van der Waals surface area (Å²) in [7, 11) is 2.36. The molecular formula is C18H34N2. The molecule has 2 aliphatic carbocycles. The van der Waals surface area contributed by atoms with E-state index in [1.807, 2.05) is 0 Å². The Hall–Kier alpha value is -0.0800. The summed E-state index contributed by atoms with van der Waals surface area (Å²) >= 11 is 0. The monoisotopic (exact) mass is 278 g/mol. The van der Waals surface area contributed by atoms with E-state index in [1.54, 1.807) is 0 Å². The molecule has 5 unspecified atom stereocenters. The molecule has 0 bridgehead atoms. The third-order valence-corrected chi connectivity index (χ3v) is 6.46. The van der Waals surface area contributed by atoms with Crippen LogP contribution in [0.25, 0.3) is 0 Å². The van der Waals surface area contributed by atoms with E-state index < -0.39 is 0 Å². The Bertz CT molecular complexity index is 319. The molecule has 2 nitrogen and oxygen atoms in total. The van der Waals surface area contributed by atoms with E-state index in [0.29, 0.717) is 6.17 Å². The summed E-state index contributed by atoms with van der Waals surface area (Å²) in [5.74, 6) is 2.84. The summed E-state index contributed by atoms with van der Waals surface area (Å²) in [6.07, 6.45) is 10.8. The van der Waals surface area contributed by atoms with Crippen molar-refractivity contribution in [3.63, 3.8) is 0 Å². The van der Waals surface area contributed by atoms with Gasteiger partial charge in [0.1, 0.15) is 0 Å². The Morgan fingerprint density at radius 2 is 1.45 bits per heavy atom. The van der Waals surface area contributed by atoms with Gasteiger partial charge in [-0.1, -0.05) is 26.7 Å². The van der Waals surface area contributed by atoms with Crippen LogP contribution >= 0.6 is 0 Å². The highest BCUT2D eigenvalue weighted by atomic mass is 15.4. The predicted octanol–water partition coefficient (Wildman–Crippen LogP) is 3.96. The Morgan fingerprint density at radius 1 is 0.850 bits per heavy atom. The highest BCUT2D eigenvalue weighted by Crippen LogP contribution is 2.39. The number of nitrogens with zero attached hydrogens (tertiary/aromatic N) is 2. The zero-order chi connectivity index (χ0) is 14.3. The van der Waals surface area contributed by atoms with E-state index >= 15 is 0 Å². The molecule has 1 aliphatic heterocycles. The zero-order valence-electron chi connectivity index (χ0n) is 14.0. The smallest absolute Gasteiger partial charge is 0.0597 e. The van der Waals surface area contributed by atoms with Crippen molar-refractivity contribution in [1.82, 2.24) is 9.80 Å². The first-order valence-electron chi connectivity index (χ1n) is 9.04. The number of hydrogen-bond acceptors (Lipinski definition) is 2. The molecule has 116 valence electrons. The maximum absolute atomic E-state index is 2.87.